The van der Waals surface area contributed by atoms with Crippen molar-refractivity contribution in [1.82, 2.24) is 4.57 Å². The van der Waals surface area contributed by atoms with E-state index in [1.54, 1.807) is 6.92 Å². The first-order valence-corrected chi connectivity index (χ1v) is 10.8. The van der Waals surface area contributed by atoms with Crippen molar-refractivity contribution in [3.63, 3.8) is 0 Å². The standard InChI is InChI=1S/C26H31NO4/c1-4-29-25(26(28)30-5-2)18-21-11-13-23(14-12-21)31-16-15-27-19-20(3)17-24(27)22-9-7-6-8-10-22/h6-14,17,19,25H,4-5,15-16,18H2,1-3H3. The van der Waals surface area contributed by atoms with Gasteiger partial charge in [0.1, 0.15) is 12.4 Å². The molecule has 0 amide bonds. The summed E-state index contributed by atoms with van der Waals surface area (Å²) in [4.78, 5) is 12.0. The highest BCUT2D eigenvalue weighted by atomic mass is 16.6. The number of nitrogens with zero attached hydrogens (tertiary/aromatic N) is 1. The van der Waals surface area contributed by atoms with Crippen LogP contribution in [0.1, 0.15) is 25.0 Å². The van der Waals surface area contributed by atoms with Gasteiger partial charge in [-0.2, -0.15) is 0 Å². The molecular formula is C26H31NO4. The Labute approximate surface area is 184 Å². The van der Waals surface area contributed by atoms with E-state index in [4.69, 9.17) is 14.2 Å². The summed E-state index contributed by atoms with van der Waals surface area (Å²) >= 11 is 0. The number of hydrogen-bond acceptors (Lipinski definition) is 4. The van der Waals surface area contributed by atoms with E-state index in [0.717, 1.165) is 17.9 Å². The number of rotatable bonds is 11. The molecule has 0 N–H and O–H groups in total. The molecule has 0 saturated heterocycles. The maximum absolute atomic E-state index is 12.0. The molecule has 164 valence electrons. The number of esters is 1. The molecule has 1 heterocycles. The number of carbonyl (C=O) groups excluding carboxylic acids is 1. The number of carbonyl (C=O) groups is 1. The van der Waals surface area contributed by atoms with E-state index in [0.29, 0.717) is 26.2 Å². The van der Waals surface area contributed by atoms with Crippen LogP contribution in [-0.4, -0.2) is 36.5 Å². The molecule has 1 unspecified atom stereocenters. The molecule has 1 atom stereocenters. The van der Waals surface area contributed by atoms with E-state index in [1.165, 1.54) is 16.8 Å². The van der Waals surface area contributed by atoms with Crippen LogP contribution in [0.2, 0.25) is 0 Å². The molecule has 1 aromatic heterocycles. The maximum atomic E-state index is 12.0. The van der Waals surface area contributed by atoms with Crippen LogP contribution >= 0.6 is 0 Å². The molecule has 5 nitrogen and oxygen atoms in total. The predicted octanol–water partition coefficient (Wildman–Crippen LogP) is 5.05. The summed E-state index contributed by atoms with van der Waals surface area (Å²) in [5, 5.41) is 0. The zero-order valence-electron chi connectivity index (χ0n) is 18.5. The highest BCUT2D eigenvalue weighted by molar-refractivity contribution is 5.75. The third kappa shape index (κ3) is 6.46. The zero-order chi connectivity index (χ0) is 22.1. The Kier molecular flexibility index (Phi) is 8.30. The lowest BCUT2D eigenvalue weighted by Gasteiger charge is -2.16. The zero-order valence-corrected chi connectivity index (χ0v) is 18.5. The lowest BCUT2D eigenvalue weighted by atomic mass is 10.1. The van der Waals surface area contributed by atoms with E-state index in [-0.39, 0.29) is 5.97 Å². The van der Waals surface area contributed by atoms with E-state index >= 15 is 0 Å². The number of aromatic nitrogens is 1. The van der Waals surface area contributed by atoms with Crippen LogP contribution in [0.15, 0.2) is 66.9 Å². The summed E-state index contributed by atoms with van der Waals surface area (Å²) in [6, 6.07) is 20.4. The van der Waals surface area contributed by atoms with Gasteiger partial charge in [-0.1, -0.05) is 42.5 Å². The van der Waals surface area contributed by atoms with E-state index in [1.807, 2.05) is 37.3 Å². The van der Waals surface area contributed by atoms with Crippen molar-refractivity contribution in [2.75, 3.05) is 19.8 Å². The van der Waals surface area contributed by atoms with Crippen LogP contribution in [0.3, 0.4) is 0 Å². The van der Waals surface area contributed by atoms with Crippen molar-refractivity contribution in [1.29, 1.82) is 0 Å². The molecule has 0 saturated carbocycles. The first-order valence-electron chi connectivity index (χ1n) is 10.8. The maximum Gasteiger partial charge on any atom is 0.335 e. The van der Waals surface area contributed by atoms with Gasteiger partial charge in [0.15, 0.2) is 6.10 Å². The van der Waals surface area contributed by atoms with Gasteiger partial charge in [0.25, 0.3) is 0 Å². The number of aryl methyl sites for hydroxylation is 1. The third-order valence-corrected chi connectivity index (χ3v) is 4.97. The molecule has 2 aromatic carbocycles. The summed E-state index contributed by atoms with van der Waals surface area (Å²) in [6.45, 7) is 7.92. The summed E-state index contributed by atoms with van der Waals surface area (Å²) in [5.74, 6) is 0.485. The molecule has 0 aliphatic carbocycles. The summed E-state index contributed by atoms with van der Waals surface area (Å²) < 4.78 is 18.8. The monoisotopic (exact) mass is 421 g/mol. The van der Waals surface area contributed by atoms with E-state index in [2.05, 4.69) is 48.0 Å². The molecule has 0 aliphatic heterocycles. The lowest BCUT2D eigenvalue weighted by molar-refractivity contribution is -0.156. The van der Waals surface area contributed by atoms with Crippen LogP contribution in [0, 0.1) is 6.92 Å². The van der Waals surface area contributed by atoms with Crippen LogP contribution in [0.4, 0.5) is 0 Å². The second-order valence-electron chi connectivity index (χ2n) is 7.35. The molecule has 3 rings (SSSR count). The van der Waals surface area contributed by atoms with Crippen LogP contribution in [0.5, 0.6) is 5.75 Å². The summed E-state index contributed by atoms with van der Waals surface area (Å²) in [6.07, 6.45) is 2.05. The van der Waals surface area contributed by atoms with Crippen molar-refractivity contribution in [3.8, 4) is 17.0 Å². The van der Waals surface area contributed by atoms with Crippen molar-refractivity contribution < 1.29 is 19.0 Å². The van der Waals surface area contributed by atoms with Gasteiger partial charge in [-0.15, -0.1) is 0 Å². The van der Waals surface area contributed by atoms with Gasteiger partial charge in [-0.05, 0) is 55.7 Å². The fraction of sp³-hybridized carbons (Fsp3) is 0.346. The Morgan fingerprint density at radius 1 is 1.00 bits per heavy atom. The van der Waals surface area contributed by atoms with Crippen LogP contribution in [-0.2, 0) is 27.2 Å². The Bertz CT molecular complexity index is 947. The Morgan fingerprint density at radius 3 is 2.42 bits per heavy atom. The van der Waals surface area contributed by atoms with Gasteiger partial charge in [-0.25, -0.2) is 4.79 Å². The second-order valence-corrected chi connectivity index (χ2v) is 7.35. The van der Waals surface area contributed by atoms with Gasteiger partial charge < -0.3 is 18.8 Å². The van der Waals surface area contributed by atoms with Gasteiger partial charge in [0.2, 0.25) is 0 Å². The molecular weight excluding hydrogens is 390 g/mol. The second kappa shape index (κ2) is 11.4. The van der Waals surface area contributed by atoms with Crippen molar-refractivity contribution in [2.45, 2.75) is 39.8 Å². The predicted molar refractivity (Wildman–Crippen MR) is 122 cm³/mol. The third-order valence-electron chi connectivity index (χ3n) is 4.97. The molecule has 3 aromatic rings. The molecule has 5 heteroatoms. The van der Waals surface area contributed by atoms with Crippen LogP contribution < -0.4 is 4.74 Å². The minimum Gasteiger partial charge on any atom is -0.492 e. The van der Waals surface area contributed by atoms with Crippen LogP contribution in [0.25, 0.3) is 11.3 Å². The molecule has 0 fully saturated rings. The summed E-state index contributed by atoms with van der Waals surface area (Å²) in [5.41, 5.74) is 4.63. The molecule has 0 aliphatic rings. The summed E-state index contributed by atoms with van der Waals surface area (Å²) in [7, 11) is 0. The van der Waals surface area contributed by atoms with Gasteiger partial charge >= 0.3 is 5.97 Å². The first kappa shape index (κ1) is 22.6. The molecule has 0 spiro atoms. The topological polar surface area (TPSA) is 49.7 Å². The Balaban J connectivity index is 1.56. The Hall–Kier alpha value is -3.05. The SMILES string of the molecule is CCOC(=O)C(Cc1ccc(OCCn2cc(C)cc2-c2ccccc2)cc1)OCC. The number of hydrogen-bond donors (Lipinski definition) is 0. The van der Waals surface area contributed by atoms with Crippen molar-refractivity contribution in [3.05, 3.63) is 78.0 Å². The first-order chi connectivity index (χ1) is 15.1. The normalized spacial score (nSPS) is 11.8. The van der Waals surface area contributed by atoms with Gasteiger partial charge in [-0.3, -0.25) is 0 Å². The van der Waals surface area contributed by atoms with Crippen molar-refractivity contribution >= 4 is 5.97 Å². The quantitative estimate of drug-likeness (QED) is 0.407. The Morgan fingerprint density at radius 2 is 1.74 bits per heavy atom. The fourth-order valence-corrected chi connectivity index (χ4v) is 3.54. The number of benzene rings is 2. The fourth-order valence-electron chi connectivity index (χ4n) is 3.54. The molecule has 0 radical (unpaired) electrons. The minimum atomic E-state index is -0.579. The smallest absolute Gasteiger partial charge is 0.335 e. The molecule has 31 heavy (non-hydrogen) atoms. The average molecular weight is 422 g/mol. The van der Waals surface area contributed by atoms with E-state index in [9.17, 15) is 4.79 Å². The minimum absolute atomic E-state index is 0.319. The molecule has 0 bridgehead atoms. The van der Waals surface area contributed by atoms with Crippen molar-refractivity contribution in [2.24, 2.45) is 0 Å². The number of ether oxygens (including phenoxy) is 3. The van der Waals surface area contributed by atoms with E-state index < -0.39 is 6.10 Å². The highest BCUT2D eigenvalue weighted by Crippen LogP contribution is 2.22. The van der Waals surface area contributed by atoms with Gasteiger partial charge in [0.05, 0.1) is 13.2 Å². The average Bonchev–Trinajstić information content (AvgIpc) is 3.16. The largest absolute Gasteiger partial charge is 0.492 e. The highest BCUT2D eigenvalue weighted by Gasteiger charge is 2.20. The lowest BCUT2D eigenvalue weighted by Crippen LogP contribution is -2.28. The van der Waals surface area contributed by atoms with Gasteiger partial charge in [0, 0.05) is 24.9 Å².